The van der Waals surface area contributed by atoms with Crippen LogP contribution in [0.1, 0.15) is 27.6 Å². The third kappa shape index (κ3) is 3.54. The number of carboxylic acid groups (broad SMARTS) is 1. The third-order valence-corrected chi connectivity index (χ3v) is 2.88. The number of carboxylic acids is 1. The summed E-state index contributed by atoms with van der Waals surface area (Å²) < 4.78 is 5.31. The van der Waals surface area contributed by atoms with Crippen molar-refractivity contribution in [2.45, 2.75) is 6.92 Å². The van der Waals surface area contributed by atoms with Crippen molar-refractivity contribution in [3.05, 3.63) is 53.6 Å². The predicted molar refractivity (Wildman–Crippen MR) is 78.4 cm³/mol. The Morgan fingerprint density at radius 2 is 2.00 bits per heavy atom. The van der Waals surface area contributed by atoms with Crippen LogP contribution in [0.2, 0.25) is 0 Å². The standard InChI is InChI=1S/C16H15NO5/c1-2-22-12-5-3-4-10(8-12)15(19)17-11-6-7-14(18)13(9-11)16(20)21/h3-9,18H,2H2,1H3,(H,17,19)(H,20,21)/p-1. The quantitative estimate of drug-likeness (QED) is 0.881. The van der Waals surface area contributed by atoms with Crippen LogP contribution in [-0.2, 0) is 0 Å². The number of carbonyl (C=O) groups excluding carboxylic acids is 1. The summed E-state index contributed by atoms with van der Waals surface area (Å²) >= 11 is 0. The number of carbonyl (C=O) groups is 2. The Hall–Kier alpha value is -3.02. The molecule has 0 saturated carbocycles. The van der Waals surface area contributed by atoms with Gasteiger partial charge in [0.1, 0.15) is 5.75 Å². The second kappa shape index (κ2) is 6.62. The molecule has 6 heteroatoms. The molecule has 1 amide bonds. The molecule has 114 valence electrons. The first kappa shape index (κ1) is 15.4. The molecule has 0 saturated heterocycles. The summed E-state index contributed by atoms with van der Waals surface area (Å²) in [6.45, 7) is 2.32. The maximum Gasteiger partial charge on any atom is 0.335 e. The third-order valence-electron chi connectivity index (χ3n) is 2.88. The van der Waals surface area contributed by atoms with E-state index in [1.54, 1.807) is 24.3 Å². The van der Waals surface area contributed by atoms with E-state index < -0.39 is 17.6 Å². The molecule has 22 heavy (non-hydrogen) atoms. The molecule has 2 aromatic rings. The van der Waals surface area contributed by atoms with Gasteiger partial charge in [-0.05, 0) is 37.3 Å². The molecule has 2 aromatic carbocycles. The summed E-state index contributed by atoms with van der Waals surface area (Å²) in [5, 5.41) is 22.8. The Labute approximate surface area is 127 Å². The van der Waals surface area contributed by atoms with Crippen LogP contribution in [0.15, 0.2) is 42.5 Å². The second-order valence-corrected chi connectivity index (χ2v) is 4.43. The van der Waals surface area contributed by atoms with Crippen LogP contribution in [0, 0.1) is 0 Å². The fourth-order valence-electron chi connectivity index (χ4n) is 1.87. The van der Waals surface area contributed by atoms with Gasteiger partial charge in [0.2, 0.25) is 0 Å². The molecule has 6 nitrogen and oxygen atoms in total. The number of hydrogen-bond acceptors (Lipinski definition) is 4. The highest BCUT2D eigenvalue weighted by Crippen LogP contribution is 2.20. The van der Waals surface area contributed by atoms with Crippen LogP contribution >= 0.6 is 0 Å². The van der Waals surface area contributed by atoms with E-state index in [-0.39, 0.29) is 11.3 Å². The first-order chi connectivity index (χ1) is 10.5. The lowest BCUT2D eigenvalue weighted by atomic mass is 10.1. The van der Waals surface area contributed by atoms with Crippen molar-refractivity contribution in [3.63, 3.8) is 0 Å². The SMILES string of the molecule is CCOc1cccc(C(=O)Nc2ccc([O-])c(C(=O)O)c2)c1. The molecule has 0 radical (unpaired) electrons. The average molecular weight is 300 g/mol. The van der Waals surface area contributed by atoms with Gasteiger partial charge in [0.15, 0.2) is 0 Å². The van der Waals surface area contributed by atoms with Crippen molar-refractivity contribution in [2.24, 2.45) is 0 Å². The Bertz CT molecular complexity index is 711. The van der Waals surface area contributed by atoms with Crippen molar-refractivity contribution in [2.75, 3.05) is 11.9 Å². The van der Waals surface area contributed by atoms with Gasteiger partial charge < -0.3 is 20.3 Å². The maximum atomic E-state index is 12.1. The monoisotopic (exact) mass is 300 g/mol. The van der Waals surface area contributed by atoms with E-state index in [1.165, 1.54) is 6.07 Å². The molecule has 0 heterocycles. The zero-order chi connectivity index (χ0) is 16.1. The van der Waals surface area contributed by atoms with Gasteiger partial charge in [-0.1, -0.05) is 17.9 Å². The number of ether oxygens (including phenoxy) is 1. The van der Waals surface area contributed by atoms with Gasteiger partial charge in [-0.3, -0.25) is 4.79 Å². The number of benzene rings is 2. The molecular weight excluding hydrogens is 286 g/mol. The van der Waals surface area contributed by atoms with Gasteiger partial charge in [0.05, 0.1) is 12.2 Å². The molecule has 0 atom stereocenters. The molecular formula is C16H14NO5-. The number of anilines is 1. The summed E-state index contributed by atoms with van der Waals surface area (Å²) in [7, 11) is 0. The summed E-state index contributed by atoms with van der Waals surface area (Å²) in [4.78, 5) is 23.1. The lowest BCUT2D eigenvalue weighted by molar-refractivity contribution is -0.268. The van der Waals surface area contributed by atoms with Crippen molar-refractivity contribution in [3.8, 4) is 11.5 Å². The maximum absolute atomic E-state index is 12.1. The Kier molecular flexibility index (Phi) is 4.63. The van der Waals surface area contributed by atoms with Gasteiger partial charge in [-0.25, -0.2) is 4.79 Å². The molecule has 2 N–H and O–H groups in total. The number of hydrogen-bond donors (Lipinski definition) is 2. The minimum absolute atomic E-state index is 0.240. The first-order valence-corrected chi connectivity index (χ1v) is 6.60. The molecule has 2 rings (SSSR count). The van der Waals surface area contributed by atoms with E-state index >= 15 is 0 Å². The van der Waals surface area contributed by atoms with Gasteiger partial charge in [0.25, 0.3) is 5.91 Å². The van der Waals surface area contributed by atoms with Gasteiger partial charge >= 0.3 is 5.97 Å². The number of amides is 1. The lowest BCUT2D eigenvalue weighted by Crippen LogP contribution is -2.13. The van der Waals surface area contributed by atoms with Crippen LogP contribution in [0.4, 0.5) is 5.69 Å². The zero-order valence-electron chi connectivity index (χ0n) is 11.8. The van der Waals surface area contributed by atoms with Gasteiger partial charge in [0, 0.05) is 11.3 Å². The largest absolute Gasteiger partial charge is 0.872 e. The molecule has 0 aromatic heterocycles. The molecule has 0 unspecified atom stereocenters. The van der Waals surface area contributed by atoms with E-state index in [0.717, 1.165) is 12.1 Å². The Morgan fingerprint density at radius 1 is 1.23 bits per heavy atom. The van der Waals surface area contributed by atoms with Crippen LogP contribution in [0.5, 0.6) is 11.5 Å². The number of nitrogens with one attached hydrogen (secondary N) is 1. The highest BCUT2D eigenvalue weighted by Gasteiger charge is 2.10. The number of aromatic carboxylic acids is 1. The highest BCUT2D eigenvalue weighted by molar-refractivity contribution is 6.05. The van der Waals surface area contributed by atoms with Crippen molar-refractivity contribution in [1.82, 2.24) is 0 Å². The molecule has 0 spiro atoms. The van der Waals surface area contributed by atoms with E-state index in [1.807, 2.05) is 6.92 Å². The Morgan fingerprint density at radius 3 is 2.68 bits per heavy atom. The summed E-state index contributed by atoms with van der Waals surface area (Å²) in [5.74, 6) is -1.80. The first-order valence-electron chi connectivity index (χ1n) is 6.60. The summed E-state index contributed by atoms with van der Waals surface area (Å²) in [5.41, 5.74) is 0.221. The van der Waals surface area contributed by atoms with Gasteiger partial charge in [-0.2, -0.15) is 0 Å². The lowest BCUT2D eigenvalue weighted by Gasteiger charge is -2.12. The molecule has 0 bridgehead atoms. The van der Waals surface area contributed by atoms with Gasteiger partial charge in [-0.15, -0.1) is 0 Å². The predicted octanol–water partition coefficient (Wildman–Crippen LogP) is 2.11. The van der Waals surface area contributed by atoms with E-state index in [9.17, 15) is 14.7 Å². The normalized spacial score (nSPS) is 10.0. The molecule has 0 aliphatic heterocycles. The number of rotatable bonds is 5. The zero-order valence-corrected chi connectivity index (χ0v) is 11.8. The van der Waals surface area contributed by atoms with Crippen LogP contribution < -0.4 is 15.2 Å². The van der Waals surface area contributed by atoms with Crippen LogP contribution in [-0.4, -0.2) is 23.6 Å². The second-order valence-electron chi connectivity index (χ2n) is 4.43. The summed E-state index contributed by atoms with van der Waals surface area (Å²) in [6, 6.07) is 10.2. The fraction of sp³-hybridized carbons (Fsp3) is 0.125. The summed E-state index contributed by atoms with van der Waals surface area (Å²) in [6.07, 6.45) is 0. The van der Waals surface area contributed by atoms with Crippen LogP contribution in [0.3, 0.4) is 0 Å². The van der Waals surface area contributed by atoms with E-state index in [2.05, 4.69) is 5.32 Å². The van der Waals surface area contributed by atoms with Crippen molar-refractivity contribution < 1.29 is 24.5 Å². The minimum atomic E-state index is -1.33. The van der Waals surface area contributed by atoms with E-state index in [0.29, 0.717) is 17.9 Å². The van der Waals surface area contributed by atoms with Crippen LogP contribution in [0.25, 0.3) is 0 Å². The molecule has 0 aliphatic carbocycles. The minimum Gasteiger partial charge on any atom is -0.872 e. The molecule has 0 fully saturated rings. The Balaban J connectivity index is 2.20. The smallest absolute Gasteiger partial charge is 0.335 e. The van der Waals surface area contributed by atoms with Crippen molar-refractivity contribution >= 4 is 17.6 Å². The fourth-order valence-corrected chi connectivity index (χ4v) is 1.87. The average Bonchev–Trinajstić information content (AvgIpc) is 2.49. The van der Waals surface area contributed by atoms with E-state index in [4.69, 9.17) is 9.84 Å². The topological polar surface area (TPSA) is 98.7 Å². The molecule has 0 aliphatic rings. The highest BCUT2D eigenvalue weighted by atomic mass is 16.5. The van der Waals surface area contributed by atoms with Crippen molar-refractivity contribution in [1.29, 1.82) is 0 Å².